The van der Waals surface area contributed by atoms with Crippen molar-refractivity contribution >= 4 is 31.6 Å². The van der Waals surface area contributed by atoms with Crippen LogP contribution >= 0.6 is 0 Å². The van der Waals surface area contributed by atoms with Gasteiger partial charge in [0.15, 0.2) is 0 Å². The van der Waals surface area contributed by atoms with E-state index in [1.165, 1.54) is 0 Å². The lowest BCUT2D eigenvalue weighted by atomic mass is 9.80. The summed E-state index contributed by atoms with van der Waals surface area (Å²) in [5, 5.41) is 0.501. The van der Waals surface area contributed by atoms with Gasteiger partial charge < -0.3 is 14.3 Å². The molecule has 0 aromatic heterocycles. The highest BCUT2D eigenvalue weighted by molar-refractivity contribution is 6.14. The van der Waals surface area contributed by atoms with Crippen molar-refractivity contribution in [2.45, 2.75) is 70.7 Å². The lowest BCUT2D eigenvalue weighted by Crippen LogP contribution is -2.32. The quantitative estimate of drug-likeness (QED) is 0.218. The van der Waals surface area contributed by atoms with E-state index in [0.29, 0.717) is 18.1 Å². The molecule has 0 radical (unpaired) electrons. The second-order valence-electron chi connectivity index (χ2n) is 6.83. The second-order valence-corrected chi connectivity index (χ2v) is 6.83. The van der Waals surface area contributed by atoms with Crippen LogP contribution in [-0.4, -0.2) is 55.4 Å². The molecule has 0 bridgehead atoms. The van der Waals surface area contributed by atoms with Crippen LogP contribution in [0.2, 0.25) is 0 Å². The molecule has 1 fully saturated rings. The van der Waals surface area contributed by atoms with Gasteiger partial charge in [-0.1, -0.05) is 13.3 Å². The highest BCUT2D eigenvalue weighted by atomic mass is 16.7. The fourth-order valence-corrected chi connectivity index (χ4v) is 2.23. The van der Waals surface area contributed by atoms with E-state index in [4.69, 9.17) is 14.3 Å². The van der Waals surface area contributed by atoms with Gasteiger partial charge in [-0.25, -0.2) is 4.79 Å². The number of rotatable bonds is 12. The summed E-state index contributed by atoms with van der Waals surface area (Å²) in [6, 6.07) is 0. The fourth-order valence-electron chi connectivity index (χ4n) is 2.23. The Hall–Kier alpha value is -1.90. The van der Waals surface area contributed by atoms with E-state index in [1.807, 2.05) is 14.8 Å². The first-order valence-corrected chi connectivity index (χ1v) is 9.11. The third-order valence-electron chi connectivity index (χ3n) is 3.92. The number of carbonyl (C=O) groups excluding carboxylic acids is 4. The smallest absolute Gasteiger partial charge is 0.333 e. The maximum Gasteiger partial charge on any atom is 0.333 e. The Kier molecular flexibility index (Phi) is 9.33. The maximum absolute atomic E-state index is 11.7. The number of hydrogen-bond acceptors (Lipinski definition) is 7. The van der Waals surface area contributed by atoms with Crippen LogP contribution in [0, 0.1) is 0 Å². The van der Waals surface area contributed by atoms with Crippen molar-refractivity contribution in [2.24, 2.45) is 0 Å². The molecule has 1 saturated heterocycles. The standard InChI is InChI=1S/C17H28BNO7/c1-3-4-11-25-17(2,18)10-12-24-15(22)6-5-7-16(23)26-19-13(20)8-9-14(19)21/h3-12,18H2,1-2H3. The molecule has 1 aliphatic rings. The zero-order valence-electron chi connectivity index (χ0n) is 15.9. The van der Waals surface area contributed by atoms with E-state index < -0.39 is 23.8 Å². The first-order valence-electron chi connectivity index (χ1n) is 9.11. The molecule has 0 N–H and O–H groups in total. The monoisotopic (exact) mass is 369 g/mol. The number of hydrogen-bond donors (Lipinski definition) is 0. The summed E-state index contributed by atoms with van der Waals surface area (Å²) >= 11 is 0. The van der Waals surface area contributed by atoms with E-state index in [-0.39, 0.29) is 44.2 Å². The van der Waals surface area contributed by atoms with Crippen molar-refractivity contribution in [1.29, 1.82) is 0 Å². The normalized spacial score (nSPS) is 16.5. The molecule has 1 aliphatic heterocycles. The van der Waals surface area contributed by atoms with Crippen LogP contribution in [0.3, 0.4) is 0 Å². The number of imide groups is 1. The van der Waals surface area contributed by atoms with Gasteiger partial charge in [-0.15, -0.1) is 5.06 Å². The van der Waals surface area contributed by atoms with Crippen molar-refractivity contribution in [2.75, 3.05) is 13.2 Å². The minimum absolute atomic E-state index is 0.0525. The molecular weight excluding hydrogens is 341 g/mol. The van der Waals surface area contributed by atoms with Crippen LogP contribution in [0.5, 0.6) is 0 Å². The zero-order valence-corrected chi connectivity index (χ0v) is 15.9. The largest absolute Gasteiger partial charge is 0.466 e. The van der Waals surface area contributed by atoms with Crippen molar-refractivity contribution in [3.05, 3.63) is 0 Å². The first kappa shape index (κ1) is 22.1. The summed E-state index contributed by atoms with van der Waals surface area (Å²) in [5.74, 6) is -2.17. The molecule has 0 spiro atoms. The maximum atomic E-state index is 11.7. The second kappa shape index (κ2) is 11.0. The molecule has 8 nitrogen and oxygen atoms in total. The average molecular weight is 369 g/mol. The van der Waals surface area contributed by atoms with E-state index in [1.54, 1.807) is 0 Å². The van der Waals surface area contributed by atoms with Crippen LogP contribution < -0.4 is 0 Å². The predicted octanol–water partition coefficient (Wildman–Crippen LogP) is 0.863. The zero-order chi connectivity index (χ0) is 19.6. The van der Waals surface area contributed by atoms with Crippen LogP contribution in [0.4, 0.5) is 0 Å². The molecule has 146 valence electrons. The van der Waals surface area contributed by atoms with Gasteiger partial charge in [-0.2, -0.15) is 0 Å². The van der Waals surface area contributed by atoms with E-state index in [0.717, 1.165) is 12.8 Å². The lowest BCUT2D eigenvalue weighted by molar-refractivity contribution is -0.197. The Morgan fingerprint density at radius 2 is 1.69 bits per heavy atom. The molecule has 0 saturated carbocycles. The van der Waals surface area contributed by atoms with Crippen molar-refractivity contribution < 1.29 is 33.5 Å². The third-order valence-corrected chi connectivity index (χ3v) is 3.92. The highest BCUT2D eigenvalue weighted by Crippen LogP contribution is 2.14. The molecule has 1 heterocycles. The SMILES string of the molecule is BC(C)(CCOC(=O)CCCC(=O)ON1C(=O)CCC1=O)OCCCC. The number of esters is 1. The van der Waals surface area contributed by atoms with Gasteiger partial charge in [0.25, 0.3) is 11.8 Å². The Bertz CT molecular complexity index is 505. The topological polar surface area (TPSA) is 99.2 Å². The predicted molar refractivity (Wildman–Crippen MR) is 94.4 cm³/mol. The summed E-state index contributed by atoms with van der Waals surface area (Å²) in [6.45, 7) is 4.98. The van der Waals surface area contributed by atoms with Gasteiger partial charge >= 0.3 is 11.9 Å². The molecule has 0 aliphatic carbocycles. The summed E-state index contributed by atoms with van der Waals surface area (Å²) in [5.41, 5.74) is -0.353. The number of hydroxylamine groups is 2. The van der Waals surface area contributed by atoms with Crippen LogP contribution in [0.15, 0.2) is 0 Å². The third kappa shape index (κ3) is 8.46. The summed E-state index contributed by atoms with van der Waals surface area (Å²) in [7, 11) is 1.95. The van der Waals surface area contributed by atoms with Gasteiger partial charge in [-0.05, 0) is 19.8 Å². The molecule has 1 rings (SSSR count). The van der Waals surface area contributed by atoms with Gasteiger partial charge in [0, 0.05) is 44.2 Å². The van der Waals surface area contributed by atoms with E-state index >= 15 is 0 Å². The number of carbonyl (C=O) groups is 4. The molecule has 1 atom stereocenters. The Morgan fingerprint density at radius 1 is 1.08 bits per heavy atom. The van der Waals surface area contributed by atoms with Crippen molar-refractivity contribution in [3.63, 3.8) is 0 Å². The van der Waals surface area contributed by atoms with E-state index in [2.05, 4.69) is 6.92 Å². The van der Waals surface area contributed by atoms with Gasteiger partial charge in [-0.3, -0.25) is 14.4 Å². The first-order chi connectivity index (χ1) is 12.2. The Labute approximate surface area is 154 Å². The number of nitrogens with zero attached hydrogens (tertiary/aromatic N) is 1. The number of amides is 2. The van der Waals surface area contributed by atoms with Gasteiger partial charge in [0.1, 0.15) is 7.85 Å². The van der Waals surface area contributed by atoms with Crippen LogP contribution in [-0.2, 0) is 33.5 Å². The molecule has 26 heavy (non-hydrogen) atoms. The number of unbranched alkanes of at least 4 members (excludes halogenated alkanes) is 1. The van der Waals surface area contributed by atoms with Crippen molar-refractivity contribution in [1.82, 2.24) is 5.06 Å². The average Bonchev–Trinajstić information content (AvgIpc) is 2.86. The summed E-state index contributed by atoms with van der Waals surface area (Å²) in [6.07, 6.45) is 2.97. The molecule has 2 amide bonds. The van der Waals surface area contributed by atoms with Crippen LogP contribution in [0.1, 0.15) is 65.2 Å². The van der Waals surface area contributed by atoms with Crippen molar-refractivity contribution in [3.8, 4) is 0 Å². The van der Waals surface area contributed by atoms with Crippen LogP contribution in [0.25, 0.3) is 0 Å². The minimum atomic E-state index is -0.716. The Balaban J connectivity index is 2.13. The molecule has 0 aromatic carbocycles. The minimum Gasteiger partial charge on any atom is -0.466 e. The fraction of sp³-hybridized carbons (Fsp3) is 0.765. The molecule has 0 aromatic rings. The summed E-state index contributed by atoms with van der Waals surface area (Å²) < 4.78 is 10.9. The summed E-state index contributed by atoms with van der Waals surface area (Å²) in [4.78, 5) is 50.7. The van der Waals surface area contributed by atoms with Gasteiger partial charge in [0.05, 0.1) is 6.61 Å². The molecule has 1 unspecified atom stereocenters. The lowest BCUT2D eigenvalue weighted by Gasteiger charge is -2.25. The molecular formula is C17H28BNO7. The molecule has 9 heteroatoms. The van der Waals surface area contributed by atoms with Gasteiger partial charge in [0.2, 0.25) is 0 Å². The Morgan fingerprint density at radius 3 is 2.31 bits per heavy atom. The van der Waals surface area contributed by atoms with E-state index in [9.17, 15) is 19.2 Å². The number of ether oxygens (including phenoxy) is 2. The highest BCUT2D eigenvalue weighted by Gasteiger charge is 2.32.